The SMILES string of the molecule is CC(C)(C)[Si](C)(C)C(CCS(=O)(=O)O)S(=O)(=O)O.[LiH]. The van der Waals surface area contributed by atoms with Crippen molar-refractivity contribution in [3.05, 3.63) is 0 Å². The van der Waals surface area contributed by atoms with Crippen LogP contribution in [0.15, 0.2) is 0 Å². The Balaban J connectivity index is 0. The molecule has 0 saturated heterocycles. The first-order valence-corrected chi connectivity index (χ1v) is 11.7. The van der Waals surface area contributed by atoms with E-state index in [0.29, 0.717) is 0 Å². The van der Waals surface area contributed by atoms with Crippen LogP contribution in [-0.4, -0.2) is 63.5 Å². The van der Waals surface area contributed by atoms with Crippen LogP contribution in [0.25, 0.3) is 0 Å². The van der Waals surface area contributed by atoms with Gasteiger partial charge in [0, 0.05) is 0 Å². The summed E-state index contributed by atoms with van der Waals surface area (Å²) >= 11 is 0. The van der Waals surface area contributed by atoms with Crippen molar-refractivity contribution in [2.75, 3.05) is 5.75 Å². The van der Waals surface area contributed by atoms with Gasteiger partial charge in [0.25, 0.3) is 20.2 Å². The molecule has 19 heavy (non-hydrogen) atoms. The Labute approximate surface area is 129 Å². The molecule has 0 aliphatic heterocycles. The van der Waals surface area contributed by atoms with Crippen LogP contribution in [0.3, 0.4) is 0 Å². The summed E-state index contributed by atoms with van der Waals surface area (Å²) < 4.78 is 62.4. The summed E-state index contributed by atoms with van der Waals surface area (Å²) in [6.45, 7) is 9.17. The normalized spacial score (nSPS) is 15.7. The molecule has 0 aliphatic rings. The predicted octanol–water partition coefficient (Wildman–Crippen LogP) is 0.920. The van der Waals surface area contributed by atoms with Crippen molar-refractivity contribution >= 4 is 47.2 Å². The third-order valence-electron chi connectivity index (χ3n) is 3.74. The summed E-state index contributed by atoms with van der Waals surface area (Å²) in [6, 6.07) is 0. The molecule has 0 amide bonds. The summed E-state index contributed by atoms with van der Waals surface area (Å²) in [4.78, 5) is -1.12. The molecule has 6 nitrogen and oxygen atoms in total. The second-order valence-electron chi connectivity index (χ2n) is 6.05. The van der Waals surface area contributed by atoms with Gasteiger partial charge in [-0.3, -0.25) is 9.11 Å². The second kappa shape index (κ2) is 6.60. The van der Waals surface area contributed by atoms with Gasteiger partial charge in [-0.25, -0.2) is 0 Å². The Hall–Kier alpha value is 0.634. The van der Waals surface area contributed by atoms with Crippen LogP contribution in [-0.2, 0) is 20.2 Å². The fourth-order valence-corrected chi connectivity index (χ4v) is 8.80. The van der Waals surface area contributed by atoms with Gasteiger partial charge in [-0.15, -0.1) is 0 Å². The molecule has 1 unspecified atom stereocenters. The van der Waals surface area contributed by atoms with Gasteiger partial charge in [-0.2, -0.15) is 16.8 Å². The van der Waals surface area contributed by atoms with Gasteiger partial charge in [-0.05, 0) is 11.5 Å². The minimum atomic E-state index is -4.34. The Kier molecular flexibility index (Phi) is 7.61. The third-order valence-corrected chi connectivity index (χ3v) is 13.9. The van der Waals surface area contributed by atoms with E-state index < -0.39 is 38.9 Å². The maximum absolute atomic E-state index is 11.5. The molecule has 0 aliphatic carbocycles. The Morgan fingerprint density at radius 1 is 1.05 bits per heavy atom. The summed E-state index contributed by atoms with van der Waals surface area (Å²) in [7, 11) is -11.1. The van der Waals surface area contributed by atoms with E-state index in [1.165, 1.54) is 0 Å². The van der Waals surface area contributed by atoms with Gasteiger partial charge >= 0.3 is 18.9 Å². The zero-order chi connectivity index (χ0) is 15.0. The fraction of sp³-hybridized carbons (Fsp3) is 1.00. The number of hydrogen-bond acceptors (Lipinski definition) is 4. The summed E-state index contributed by atoms with van der Waals surface area (Å²) in [5, 5.41) is -0.327. The zero-order valence-corrected chi connectivity index (χ0v) is 14.0. The Bertz CT molecular complexity index is 491. The predicted molar refractivity (Wildman–Crippen MR) is 80.7 cm³/mol. The first kappa shape index (κ1) is 21.9. The maximum atomic E-state index is 11.5. The molecule has 0 radical (unpaired) electrons. The molecule has 112 valence electrons. The molecule has 0 heterocycles. The monoisotopic (exact) mass is 326 g/mol. The van der Waals surface area contributed by atoms with Crippen LogP contribution in [0.5, 0.6) is 0 Å². The molecule has 0 aromatic heterocycles. The van der Waals surface area contributed by atoms with Crippen molar-refractivity contribution in [1.29, 1.82) is 0 Å². The van der Waals surface area contributed by atoms with Gasteiger partial charge < -0.3 is 0 Å². The molecular weight excluding hydrogens is 303 g/mol. The first-order chi connectivity index (χ1) is 7.59. The van der Waals surface area contributed by atoms with Gasteiger partial charge in [0.2, 0.25) is 0 Å². The Morgan fingerprint density at radius 3 is 1.63 bits per heavy atom. The molecule has 0 aromatic rings. The van der Waals surface area contributed by atoms with Crippen molar-refractivity contribution in [1.82, 2.24) is 0 Å². The van der Waals surface area contributed by atoms with Gasteiger partial charge in [0.15, 0.2) is 0 Å². The van der Waals surface area contributed by atoms with Crippen molar-refractivity contribution < 1.29 is 25.9 Å². The van der Waals surface area contributed by atoms with Crippen molar-refractivity contribution in [3.8, 4) is 0 Å². The molecular formula is C9H23LiO6S2Si. The second-order valence-corrected chi connectivity index (χ2v) is 15.3. The first-order valence-electron chi connectivity index (χ1n) is 5.50. The van der Waals surface area contributed by atoms with Crippen LogP contribution in [0.4, 0.5) is 0 Å². The zero-order valence-electron chi connectivity index (χ0n) is 11.3. The molecule has 1 atom stereocenters. The van der Waals surface area contributed by atoms with Gasteiger partial charge in [0.1, 0.15) is 0 Å². The van der Waals surface area contributed by atoms with Gasteiger partial charge in [0.05, 0.1) is 18.7 Å². The summed E-state index contributed by atoms with van der Waals surface area (Å²) in [5.74, 6) is -0.663. The molecule has 0 aromatic carbocycles. The molecule has 2 N–H and O–H groups in total. The number of hydrogen-bond donors (Lipinski definition) is 2. The van der Waals surface area contributed by atoms with E-state index >= 15 is 0 Å². The van der Waals surface area contributed by atoms with Crippen LogP contribution in [0.2, 0.25) is 18.1 Å². The third kappa shape index (κ3) is 6.75. The number of rotatable bonds is 5. The van der Waals surface area contributed by atoms with Crippen molar-refractivity contribution in [2.45, 2.75) is 50.2 Å². The quantitative estimate of drug-likeness (QED) is 0.574. The molecule has 10 heteroatoms. The van der Waals surface area contributed by atoms with Crippen LogP contribution in [0, 0.1) is 0 Å². The van der Waals surface area contributed by atoms with Crippen molar-refractivity contribution in [2.24, 2.45) is 0 Å². The van der Waals surface area contributed by atoms with E-state index in [9.17, 15) is 21.4 Å². The standard InChI is InChI=1S/C9H22O6S2Si.Li.H/c1-9(2,3)18(4,5)8(17(13,14)15)6-7-16(10,11)12;;/h8H,6-7H2,1-5H3,(H,10,11,12)(H,13,14,15);;. The van der Waals surface area contributed by atoms with Crippen LogP contribution in [0.1, 0.15) is 27.2 Å². The summed E-state index contributed by atoms with van der Waals surface area (Å²) in [6.07, 6.45) is -0.284. The van der Waals surface area contributed by atoms with Crippen molar-refractivity contribution in [3.63, 3.8) is 0 Å². The molecule has 0 spiro atoms. The van der Waals surface area contributed by atoms with Gasteiger partial charge in [-0.1, -0.05) is 33.9 Å². The van der Waals surface area contributed by atoms with E-state index in [2.05, 4.69) is 0 Å². The van der Waals surface area contributed by atoms with Crippen LogP contribution < -0.4 is 0 Å². The van der Waals surface area contributed by atoms with E-state index in [1.54, 1.807) is 13.1 Å². The van der Waals surface area contributed by atoms with E-state index in [4.69, 9.17) is 4.55 Å². The average Bonchev–Trinajstić information content (AvgIpc) is 1.95. The minimum absolute atomic E-state index is 0. The van der Waals surface area contributed by atoms with E-state index in [0.717, 1.165) is 0 Å². The van der Waals surface area contributed by atoms with E-state index in [1.807, 2.05) is 20.8 Å². The molecule has 0 fully saturated rings. The topological polar surface area (TPSA) is 109 Å². The fourth-order valence-electron chi connectivity index (χ4n) is 1.62. The summed E-state index contributed by atoms with van der Waals surface area (Å²) in [5.41, 5.74) is 0. The Morgan fingerprint density at radius 2 is 1.42 bits per heavy atom. The average molecular weight is 326 g/mol. The molecule has 0 saturated carbocycles. The van der Waals surface area contributed by atoms with E-state index in [-0.39, 0.29) is 30.3 Å². The molecule has 0 rings (SSSR count). The molecule has 0 bridgehead atoms. The van der Waals surface area contributed by atoms with Crippen LogP contribution >= 0.6 is 0 Å².